The van der Waals surface area contributed by atoms with Gasteiger partial charge in [-0.1, -0.05) is 0 Å². The fourth-order valence-corrected chi connectivity index (χ4v) is 1.31. The molecule has 0 unspecified atom stereocenters. The van der Waals surface area contributed by atoms with Gasteiger partial charge in [0.2, 0.25) is 0 Å². The molecule has 1 aliphatic rings. The van der Waals surface area contributed by atoms with Crippen LogP contribution < -0.4 is 0 Å². The Balaban J connectivity index is 2.64. The lowest BCUT2D eigenvalue weighted by molar-refractivity contribution is -0.139. The fourth-order valence-electron chi connectivity index (χ4n) is 1.01. The second-order valence-electron chi connectivity index (χ2n) is 2.45. The molecule has 0 N–H and O–H groups in total. The first-order chi connectivity index (χ1) is 5.75. The lowest BCUT2D eigenvalue weighted by Gasteiger charge is -2.15. The largest absolute Gasteiger partial charge is 0.463 e. The van der Waals surface area contributed by atoms with Crippen molar-refractivity contribution in [1.29, 1.82) is 0 Å². The van der Waals surface area contributed by atoms with Crippen molar-refractivity contribution in [3.63, 3.8) is 0 Å². The highest BCUT2D eigenvalue weighted by atomic mass is 32.1. The molecule has 0 saturated heterocycles. The molecule has 0 aromatic carbocycles. The average Bonchev–Trinajstić information content (AvgIpc) is 2.05. The molecule has 0 spiro atoms. The average molecular weight is 188 g/mol. The van der Waals surface area contributed by atoms with Gasteiger partial charge in [-0.2, -0.15) is 0 Å². The first-order valence-electron chi connectivity index (χ1n) is 3.91. The molecule has 0 aromatic rings. The Bertz CT molecular complexity index is 210. The third-order valence-electron chi connectivity index (χ3n) is 1.61. The van der Waals surface area contributed by atoms with Gasteiger partial charge in [0, 0.05) is 11.3 Å². The van der Waals surface area contributed by atoms with Crippen molar-refractivity contribution >= 4 is 18.6 Å². The van der Waals surface area contributed by atoms with Gasteiger partial charge in [-0.05, 0) is 6.92 Å². The predicted molar refractivity (Wildman–Crippen MR) is 48.1 cm³/mol. The van der Waals surface area contributed by atoms with Crippen LogP contribution in [0.25, 0.3) is 0 Å². The summed E-state index contributed by atoms with van der Waals surface area (Å²) in [4.78, 5) is 11.9. The quantitative estimate of drug-likeness (QED) is 0.521. The van der Waals surface area contributed by atoms with Gasteiger partial charge in [-0.15, -0.1) is 12.6 Å². The molecule has 3 nitrogen and oxygen atoms in total. The normalized spacial score (nSPS) is 17.8. The van der Waals surface area contributed by atoms with E-state index >= 15 is 0 Å². The second-order valence-corrected chi connectivity index (χ2v) is 2.99. The minimum absolute atomic E-state index is 0.259. The third kappa shape index (κ3) is 2.25. The summed E-state index contributed by atoms with van der Waals surface area (Å²) in [6.45, 7) is 3.20. The number of hydrogen-bond acceptors (Lipinski definition) is 4. The van der Waals surface area contributed by atoms with E-state index in [-0.39, 0.29) is 5.97 Å². The van der Waals surface area contributed by atoms with E-state index < -0.39 is 0 Å². The van der Waals surface area contributed by atoms with Crippen LogP contribution in [0.1, 0.15) is 13.3 Å². The molecule has 0 aromatic heterocycles. The van der Waals surface area contributed by atoms with E-state index in [0.717, 1.165) is 0 Å². The highest BCUT2D eigenvalue weighted by molar-refractivity contribution is 7.84. The van der Waals surface area contributed by atoms with Gasteiger partial charge >= 0.3 is 5.97 Å². The predicted octanol–water partition coefficient (Wildman–Crippen LogP) is 1.15. The molecular formula is C8H12O3S. The number of esters is 1. The van der Waals surface area contributed by atoms with Crippen LogP contribution in [0.2, 0.25) is 0 Å². The minimum Gasteiger partial charge on any atom is -0.463 e. The summed E-state index contributed by atoms with van der Waals surface area (Å²) in [6, 6.07) is 0. The van der Waals surface area contributed by atoms with Crippen LogP contribution in [0.3, 0.4) is 0 Å². The van der Waals surface area contributed by atoms with Gasteiger partial charge in [-0.25, -0.2) is 4.79 Å². The molecule has 68 valence electrons. The highest BCUT2D eigenvalue weighted by Crippen LogP contribution is 2.19. The number of rotatable bonds is 2. The molecule has 4 heteroatoms. The molecular weight excluding hydrogens is 176 g/mol. The van der Waals surface area contributed by atoms with E-state index in [1.54, 1.807) is 6.92 Å². The molecule has 0 radical (unpaired) electrons. The Morgan fingerprint density at radius 3 is 3.08 bits per heavy atom. The summed E-state index contributed by atoms with van der Waals surface area (Å²) >= 11 is 4.14. The van der Waals surface area contributed by atoms with Crippen LogP contribution in [0, 0.1) is 0 Å². The monoisotopic (exact) mass is 188 g/mol. The van der Waals surface area contributed by atoms with E-state index in [4.69, 9.17) is 9.47 Å². The summed E-state index contributed by atoms with van der Waals surface area (Å²) in [6.07, 6.45) is 0.609. The van der Waals surface area contributed by atoms with Crippen molar-refractivity contribution in [2.45, 2.75) is 13.3 Å². The van der Waals surface area contributed by atoms with Gasteiger partial charge in [-0.3, -0.25) is 0 Å². The number of thiol groups is 1. The summed E-state index contributed by atoms with van der Waals surface area (Å²) in [5, 5.41) is 0. The van der Waals surface area contributed by atoms with E-state index in [1.165, 1.54) is 0 Å². The molecule has 1 heterocycles. The lowest BCUT2D eigenvalue weighted by atomic mass is 10.1. The molecule has 0 aliphatic carbocycles. The molecule has 0 amide bonds. The van der Waals surface area contributed by atoms with Crippen LogP contribution in [0.4, 0.5) is 0 Å². The fraction of sp³-hybridized carbons (Fsp3) is 0.625. The second kappa shape index (κ2) is 4.52. The summed E-state index contributed by atoms with van der Waals surface area (Å²) in [5.41, 5.74) is 0.659. The van der Waals surface area contributed by atoms with Gasteiger partial charge in [0.1, 0.15) is 0 Å². The van der Waals surface area contributed by atoms with Crippen molar-refractivity contribution in [3.8, 4) is 0 Å². The summed E-state index contributed by atoms with van der Waals surface area (Å²) in [5.74, 6) is -0.259. The third-order valence-corrected chi connectivity index (χ3v) is 2.00. The standard InChI is InChI=1S/C8H12O3S/c1-2-11-8(9)6-3-4-10-5-7(6)12/h12H,2-5H2,1H3. The van der Waals surface area contributed by atoms with Crippen molar-refractivity contribution in [1.82, 2.24) is 0 Å². The van der Waals surface area contributed by atoms with Crippen LogP contribution in [0.5, 0.6) is 0 Å². The number of carbonyl (C=O) groups excluding carboxylic acids is 1. The van der Waals surface area contributed by atoms with Crippen molar-refractivity contribution in [3.05, 3.63) is 10.5 Å². The minimum atomic E-state index is -0.259. The SMILES string of the molecule is CCOC(=O)C1=C(S)COCC1. The van der Waals surface area contributed by atoms with Gasteiger partial charge < -0.3 is 9.47 Å². The highest BCUT2D eigenvalue weighted by Gasteiger charge is 2.17. The Hall–Kier alpha value is -0.480. The summed E-state index contributed by atoms with van der Waals surface area (Å²) in [7, 11) is 0. The number of ether oxygens (including phenoxy) is 2. The van der Waals surface area contributed by atoms with Gasteiger partial charge in [0.15, 0.2) is 0 Å². The number of carbonyl (C=O) groups is 1. The Morgan fingerprint density at radius 1 is 1.75 bits per heavy atom. The molecule has 0 atom stereocenters. The van der Waals surface area contributed by atoms with Crippen LogP contribution in [-0.4, -0.2) is 25.8 Å². The molecule has 1 rings (SSSR count). The topological polar surface area (TPSA) is 35.5 Å². The zero-order valence-corrected chi connectivity index (χ0v) is 7.89. The molecule has 0 saturated carbocycles. The Kier molecular flexibility index (Phi) is 3.62. The van der Waals surface area contributed by atoms with Crippen LogP contribution >= 0.6 is 12.6 Å². The maximum atomic E-state index is 11.2. The zero-order chi connectivity index (χ0) is 8.97. The molecule has 1 aliphatic heterocycles. The first-order valence-corrected chi connectivity index (χ1v) is 4.36. The van der Waals surface area contributed by atoms with Gasteiger partial charge in [0.25, 0.3) is 0 Å². The van der Waals surface area contributed by atoms with E-state index in [0.29, 0.717) is 36.7 Å². The van der Waals surface area contributed by atoms with Crippen molar-refractivity contribution in [2.75, 3.05) is 19.8 Å². The summed E-state index contributed by atoms with van der Waals surface area (Å²) < 4.78 is 9.95. The van der Waals surface area contributed by atoms with E-state index in [9.17, 15) is 4.79 Å². The molecule has 12 heavy (non-hydrogen) atoms. The molecule has 0 fully saturated rings. The Morgan fingerprint density at radius 2 is 2.50 bits per heavy atom. The van der Waals surface area contributed by atoms with Crippen LogP contribution in [0.15, 0.2) is 10.5 Å². The molecule has 0 bridgehead atoms. The van der Waals surface area contributed by atoms with Crippen LogP contribution in [-0.2, 0) is 14.3 Å². The Labute approximate surface area is 77.1 Å². The van der Waals surface area contributed by atoms with E-state index in [1.807, 2.05) is 0 Å². The maximum Gasteiger partial charge on any atom is 0.334 e. The number of hydrogen-bond donors (Lipinski definition) is 1. The van der Waals surface area contributed by atoms with E-state index in [2.05, 4.69) is 12.6 Å². The smallest absolute Gasteiger partial charge is 0.334 e. The van der Waals surface area contributed by atoms with Gasteiger partial charge in [0.05, 0.1) is 25.4 Å². The zero-order valence-electron chi connectivity index (χ0n) is 7.00. The van der Waals surface area contributed by atoms with Crippen molar-refractivity contribution < 1.29 is 14.3 Å². The van der Waals surface area contributed by atoms with Crippen molar-refractivity contribution in [2.24, 2.45) is 0 Å². The maximum absolute atomic E-state index is 11.2. The first kappa shape index (κ1) is 9.61. The lowest BCUT2D eigenvalue weighted by Crippen LogP contribution is -2.17.